The SMILES string of the molecule is O=C1NC(=O)[C@@H](CC(=O)N2CCN(S(=O)(=O)c3ccc4c(c3)OCCO4)CC2)N1. The number of ether oxygens (including phenoxy) is 2. The molecule has 4 rings (SSSR count). The van der Waals surface area contributed by atoms with Crippen LogP contribution >= 0.6 is 0 Å². The first-order valence-electron chi connectivity index (χ1n) is 9.13. The predicted octanol–water partition coefficient (Wildman–Crippen LogP) is -1.11. The molecule has 3 aliphatic rings. The van der Waals surface area contributed by atoms with Crippen LogP contribution in [0.3, 0.4) is 0 Å². The number of nitrogens with one attached hydrogen (secondary N) is 2. The highest BCUT2D eigenvalue weighted by Crippen LogP contribution is 2.33. The third-order valence-corrected chi connectivity index (χ3v) is 6.87. The Morgan fingerprint density at radius 2 is 1.76 bits per heavy atom. The molecule has 11 nitrogen and oxygen atoms in total. The van der Waals surface area contributed by atoms with Gasteiger partial charge in [0.2, 0.25) is 15.9 Å². The second kappa shape index (κ2) is 7.52. The highest BCUT2D eigenvalue weighted by atomic mass is 32.2. The number of fused-ring (bicyclic) bond motifs is 1. The molecule has 1 atom stereocenters. The van der Waals surface area contributed by atoms with Gasteiger partial charge in [0.1, 0.15) is 19.3 Å². The summed E-state index contributed by atoms with van der Waals surface area (Å²) in [5.41, 5.74) is 0. The van der Waals surface area contributed by atoms with E-state index in [9.17, 15) is 22.8 Å². The smallest absolute Gasteiger partial charge is 0.322 e. The largest absolute Gasteiger partial charge is 0.486 e. The molecule has 0 unspecified atom stereocenters. The van der Waals surface area contributed by atoms with Crippen molar-refractivity contribution in [1.29, 1.82) is 0 Å². The van der Waals surface area contributed by atoms with Gasteiger partial charge in [-0.3, -0.25) is 14.9 Å². The van der Waals surface area contributed by atoms with Crippen LogP contribution in [-0.4, -0.2) is 80.9 Å². The van der Waals surface area contributed by atoms with Gasteiger partial charge in [0, 0.05) is 32.2 Å². The van der Waals surface area contributed by atoms with Crippen LogP contribution in [0.15, 0.2) is 23.1 Å². The van der Waals surface area contributed by atoms with Crippen molar-refractivity contribution in [3.63, 3.8) is 0 Å². The molecule has 156 valence electrons. The Hall–Kier alpha value is -2.86. The minimum absolute atomic E-state index is 0.104. The number of hydrogen-bond acceptors (Lipinski definition) is 7. The fourth-order valence-electron chi connectivity index (χ4n) is 3.42. The van der Waals surface area contributed by atoms with E-state index in [0.717, 1.165) is 0 Å². The van der Waals surface area contributed by atoms with Crippen LogP contribution in [0.4, 0.5) is 4.79 Å². The van der Waals surface area contributed by atoms with Crippen LogP contribution in [0.5, 0.6) is 11.5 Å². The molecular formula is C17H20N4O7S. The molecule has 2 N–H and O–H groups in total. The van der Waals surface area contributed by atoms with E-state index in [-0.39, 0.29) is 43.4 Å². The maximum Gasteiger partial charge on any atom is 0.322 e. The van der Waals surface area contributed by atoms with Gasteiger partial charge in [-0.25, -0.2) is 13.2 Å². The van der Waals surface area contributed by atoms with Gasteiger partial charge in [-0.15, -0.1) is 0 Å². The monoisotopic (exact) mass is 424 g/mol. The third kappa shape index (κ3) is 3.85. The summed E-state index contributed by atoms with van der Waals surface area (Å²) in [4.78, 5) is 36.7. The number of piperazine rings is 1. The number of sulfonamides is 1. The fraction of sp³-hybridized carbons (Fsp3) is 0.471. The molecule has 1 aromatic rings. The van der Waals surface area contributed by atoms with Gasteiger partial charge in [0.25, 0.3) is 5.91 Å². The lowest BCUT2D eigenvalue weighted by Crippen LogP contribution is -2.51. The zero-order valence-electron chi connectivity index (χ0n) is 15.4. The highest BCUT2D eigenvalue weighted by molar-refractivity contribution is 7.89. The van der Waals surface area contributed by atoms with Crippen LogP contribution in [0.1, 0.15) is 6.42 Å². The Labute approximate surface area is 167 Å². The molecule has 0 bridgehead atoms. The molecule has 0 aliphatic carbocycles. The van der Waals surface area contributed by atoms with E-state index in [0.29, 0.717) is 24.7 Å². The number of imide groups is 1. The summed E-state index contributed by atoms with van der Waals surface area (Å²) in [6, 6.07) is 2.98. The summed E-state index contributed by atoms with van der Waals surface area (Å²) < 4.78 is 38.0. The molecule has 29 heavy (non-hydrogen) atoms. The molecule has 4 amide bonds. The first kappa shape index (κ1) is 19.5. The summed E-state index contributed by atoms with van der Waals surface area (Å²) in [5.74, 6) is 0.0450. The number of hydrogen-bond donors (Lipinski definition) is 2. The van der Waals surface area contributed by atoms with Crippen LogP contribution < -0.4 is 20.1 Å². The number of amides is 4. The number of carbonyl (C=O) groups is 3. The standard InChI is InChI=1S/C17H20N4O7S/c22-15(10-12-16(23)19-17(24)18-12)20-3-5-21(6-4-20)29(25,26)11-1-2-13-14(9-11)28-8-7-27-13/h1-2,9,12H,3-8,10H2,(H2,18,19,23,24)/t12-/m1/s1. The van der Waals surface area contributed by atoms with Crippen molar-refractivity contribution >= 4 is 27.9 Å². The summed E-state index contributed by atoms with van der Waals surface area (Å²) >= 11 is 0. The lowest BCUT2D eigenvalue weighted by Gasteiger charge is -2.34. The fourth-order valence-corrected chi connectivity index (χ4v) is 4.86. The topological polar surface area (TPSA) is 134 Å². The van der Waals surface area contributed by atoms with Gasteiger partial charge in [-0.2, -0.15) is 4.31 Å². The molecule has 0 spiro atoms. The first-order chi connectivity index (χ1) is 13.8. The number of carbonyl (C=O) groups excluding carboxylic acids is 3. The normalized spacial score (nSPS) is 22.2. The Kier molecular flexibility index (Phi) is 5.04. The van der Waals surface area contributed by atoms with Crippen molar-refractivity contribution in [3.05, 3.63) is 18.2 Å². The average Bonchev–Trinajstić information content (AvgIpc) is 3.04. The quantitative estimate of drug-likeness (QED) is 0.585. The maximum absolute atomic E-state index is 12.9. The van der Waals surface area contributed by atoms with Crippen molar-refractivity contribution in [3.8, 4) is 11.5 Å². The molecule has 0 aromatic heterocycles. The maximum atomic E-state index is 12.9. The van der Waals surface area contributed by atoms with Gasteiger partial charge < -0.3 is 19.7 Å². The lowest BCUT2D eigenvalue weighted by molar-refractivity contribution is -0.134. The van der Waals surface area contributed by atoms with Crippen molar-refractivity contribution in [2.24, 2.45) is 0 Å². The van der Waals surface area contributed by atoms with Crippen LogP contribution in [0, 0.1) is 0 Å². The average molecular weight is 424 g/mol. The zero-order chi connectivity index (χ0) is 20.6. The molecule has 1 aromatic carbocycles. The van der Waals surface area contributed by atoms with Crippen LogP contribution in [-0.2, 0) is 19.6 Å². The number of urea groups is 1. The molecule has 2 fully saturated rings. The van der Waals surface area contributed by atoms with E-state index >= 15 is 0 Å². The summed E-state index contributed by atoms with van der Waals surface area (Å²) in [5, 5.41) is 4.45. The molecule has 12 heteroatoms. The van der Waals surface area contributed by atoms with Crippen molar-refractivity contribution in [2.45, 2.75) is 17.4 Å². The van der Waals surface area contributed by atoms with Crippen molar-refractivity contribution < 1.29 is 32.3 Å². The number of nitrogens with zero attached hydrogens (tertiary/aromatic N) is 2. The van der Waals surface area contributed by atoms with E-state index in [2.05, 4.69) is 10.6 Å². The number of benzene rings is 1. The van der Waals surface area contributed by atoms with E-state index in [1.165, 1.54) is 21.3 Å². The lowest BCUT2D eigenvalue weighted by atomic mass is 10.2. The van der Waals surface area contributed by atoms with Gasteiger partial charge in [0.05, 0.1) is 11.3 Å². The second-order valence-corrected chi connectivity index (χ2v) is 8.75. The summed E-state index contributed by atoms with van der Waals surface area (Å²) in [6.45, 7) is 1.44. The molecule has 0 saturated carbocycles. The number of rotatable bonds is 4. The Balaban J connectivity index is 1.38. The third-order valence-electron chi connectivity index (χ3n) is 4.98. The molecule has 0 radical (unpaired) electrons. The Bertz CT molecular complexity index is 957. The first-order valence-corrected chi connectivity index (χ1v) is 10.6. The van der Waals surface area contributed by atoms with Crippen molar-refractivity contribution in [1.82, 2.24) is 19.8 Å². The van der Waals surface area contributed by atoms with E-state index in [1.54, 1.807) is 6.07 Å². The van der Waals surface area contributed by atoms with Crippen LogP contribution in [0.25, 0.3) is 0 Å². The summed E-state index contributed by atoms with van der Waals surface area (Å²) in [6.07, 6.45) is -0.160. The Morgan fingerprint density at radius 1 is 1.07 bits per heavy atom. The molecule has 2 saturated heterocycles. The molecule has 3 aliphatic heterocycles. The summed E-state index contributed by atoms with van der Waals surface area (Å²) in [7, 11) is -3.74. The predicted molar refractivity (Wildman–Crippen MR) is 97.9 cm³/mol. The van der Waals surface area contributed by atoms with E-state index < -0.39 is 28.0 Å². The minimum Gasteiger partial charge on any atom is -0.486 e. The molecule has 3 heterocycles. The molecular weight excluding hydrogens is 404 g/mol. The van der Waals surface area contributed by atoms with E-state index in [1.807, 2.05) is 0 Å². The van der Waals surface area contributed by atoms with E-state index in [4.69, 9.17) is 9.47 Å². The van der Waals surface area contributed by atoms with Gasteiger partial charge in [-0.05, 0) is 12.1 Å². The van der Waals surface area contributed by atoms with Crippen LogP contribution in [0.2, 0.25) is 0 Å². The second-order valence-electron chi connectivity index (χ2n) is 6.81. The highest BCUT2D eigenvalue weighted by Gasteiger charge is 2.35. The Morgan fingerprint density at radius 3 is 2.41 bits per heavy atom. The van der Waals surface area contributed by atoms with Gasteiger partial charge in [0.15, 0.2) is 11.5 Å². The minimum atomic E-state index is -3.74. The van der Waals surface area contributed by atoms with Crippen molar-refractivity contribution in [2.75, 3.05) is 39.4 Å². The van der Waals surface area contributed by atoms with Gasteiger partial charge in [-0.1, -0.05) is 0 Å². The zero-order valence-corrected chi connectivity index (χ0v) is 16.2. The van der Waals surface area contributed by atoms with Gasteiger partial charge >= 0.3 is 6.03 Å².